The molecule has 0 heterocycles. The molecule has 3 nitrogen and oxygen atoms in total. The van der Waals surface area contributed by atoms with Gasteiger partial charge in [0, 0.05) is 17.6 Å². The van der Waals surface area contributed by atoms with Gasteiger partial charge >= 0.3 is 0 Å². The van der Waals surface area contributed by atoms with E-state index < -0.39 is 0 Å². The minimum Gasteiger partial charge on any atom is -0.324 e. The number of amides is 1. The number of carbonyl (C=O) groups is 1. The van der Waals surface area contributed by atoms with Crippen molar-refractivity contribution in [3.63, 3.8) is 0 Å². The first-order chi connectivity index (χ1) is 11.6. The largest absolute Gasteiger partial charge is 0.324 e. The number of hydrogen-bond acceptors (Lipinski definition) is 2. The lowest BCUT2D eigenvalue weighted by Crippen LogP contribution is -2.29. The maximum Gasteiger partial charge on any atom is 0.238 e. The van der Waals surface area contributed by atoms with Crippen LogP contribution in [0.5, 0.6) is 0 Å². The fourth-order valence-corrected chi connectivity index (χ4v) is 2.77. The average molecular weight is 322 g/mol. The molecule has 24 heavy (non-hydrogen) atoms. The van der Waals surface area contributed by atoms with Crippen LogP contribution in [0.15, 0.2) is 66.7 Å². The normalized spacial score (nSPS) is 11.0. The second-order valence-electron chi connectivity index (χ2n) is 5.88. The first kappa shape index (κ1) is 16.1. The van der Waals surface area contributed by atoms with Gasteiger partial charge in [0.25, 0.3) is 0 Å². The standard InChI is InChI=1S/C20H19FN2O/c1-23(13-15-6-4-9-17(21)12-15)14-20(24)22-19-11-5-8-16-7-2-3-10-18(16)19/h2-12H,13-14H2,1H3,(H,22,24). The van der Waals surface area contributed by atoms with Crippen molar-refractivity contribution < 1.29 is 9.18 Å². The Morgan fingerprint density at radius 1 is 1.04 bits per heavy atom. The lowest BCUT2D eigenvalue weighted by atomic mass is 10.1. The topological polar surface area (TPSA) is 32.3 Å². The van der Waals surface area contributed by atoms with E-state index in [1.165, 1.54) is 12.1 Å². The van der Waals surface area contributed by atoms with Crippen LogP contribution >= 0.6 is 0 Å². The first-order valence-electron chi connectivity index (χ1n) is 7.82. The van der Waals surface area contributed by atoms with Crippen molar-refractivity contribution in [3.8, 4) is 0 Å². The molecule has 0 fully saturated rings. The van der Waals surface area contributed by atoms with Crippen LogP contribution < -0.4 is 5.32 Å². The van der Waals surface area contributed by atoms with Crippen molar-refractivity contribution in [2.45, 2.75) is 6.54 Å². The molecular formula is C20H19FN2O. The van der Waals surface area contributed by atoms with E-state index in [1.807, 2.05) is 60.5 Å². The third-order valence-corrected chi connectivity index (χ3v) is 3.82. The van der Waals surface area contributed by atoms with Gasteiger partial charge in [-0.05, 0) is 36.2 Å². The molecule has 1 amide bonds. The van der Waals surface area contributed by atoms with Crippen LogP contribution in [-0.4, -0.2) is 24.4 Å². The quantitative estimate of drug-likeness (QED) is 0.768. The smallest absolute Gasteiger partial charge is 0.238 e. The van der Waals surface area contributed by atoms with Crippen molar-refractivity contribution in [2.24, 2.45) is 0 Å². The van der Waals surface area contributed by atoms with Gasteiger partial charge in [-0.3, -0.25) is 9.69 Å². The number of halogens is 1. The molecule has 0 aliphatic heterocycles. The fraction of sp³-hybridized carbons (Fsp3) is 0.150. The molecule has 0 spiro atoms. The second kappa shape index (κ2) is 7.23. The van der Waals surface area contributed by atoms with E-state index in [9.17, 15) is 9.18 Å². The van der Waals surface area contributed by atoms with E-state index in [2.05, 4.69) is 5.32 Å². The third kappa shape index (κ3) is 3.97. The molecule has 0 saturated heterocycles. The Balaban J connectivity index is 1.64. The number of benzene rings is 3. The lowest BCUT2D eigenvalue weighted by molar-refractivity contribution is -0.117. The number of carbonyl (C=O) groups excluding carboxylic acids is 1. The molecular weight excluding hydrogens is 303 g/mol. The van der Waals surface area contributed by atoms with Gasteiger partial charge in [-0.2, -0.15) is 0 Å². The predicted octanol–water partition coefficient (Wildman–Crippen LogP) is 4.05. The number of fused-ring (bicyclic) bond motifs is 1. The van der Waals surface area contributed by atoms with Crippen molar-refractivity contribution in [1.82, 2.24) is 4.90 Å². The van der Waals surface area contributed by atoms with Gasteiger partial charge in [0.05, 0.1) is 6.54 Å². The summed E-state index contributed by atoms with van der Waals surface area (Å²) in [5, 5.41) is 5.06. The molecule has 4 heteroatoms. The summed E-state index contributed by atoms with van der Waals surface area (Å²) in [6.07, 6.45) is 0. The highest BCUT2D eigenvalue weighted by molar-refractivity contribution is 6.02. The molecule has 122 valence electrons. The Morgan fingerprint density at radius 2 is 1.79 bits per heavy atom. The van der Waals surface area contributed by atoms with Gasteiger partial charge in [-0.25, -0.2) is 4.39 Å². The molecule has 0 unspecified atom stereocenters. The van der Waals surface area contributed by atoms with Crippen LogP contribution in [0.4, 0.5) is 10.1 Å². The highest BCUT2D eigenvalue weighted by Crippen LogP contribution is 2.22. The molecule has 0 radical (unpaired) electrons. The van der Waals surface area contributed by atoms with Gasteiger partial charge in [-0.15, -0.1) is 0 Å². The van der Waals surface area contributed by atoms with Crippen molar-refractivity contribution in [2.75, 3.05) is 18.9 Å². The number of rotatable bonds is 5. The lowest BCUT2D eigenvalue weighted by Gasteiger charge is -2.17. The molecule has 0 aromatic heterocycles. The average Bonchev–Trinajstić information content (AvgIpc) is 2.55. The van der Waals surface area contributed by atoms with Crippen molar-refractivity contribution >= 4 is 22.4 Å². The monoisotopic (exact) mass is 322 g/mol. The van der Waals surface area contributed by atoms with E-state index in [0.29, 0.717) is 6.54 Å². The molecule has 3 aromatic carbocycles. The zero-order valence-electron chi connectivity index (χ0n) is 13.5. The van der Waals surface area contributed by atoms with Gasteiger partial charge in [0.1, 0.15) is 5.82 Å². The molecule has 0 saturated carbocycles. The highest BCUT2D eigenvalue weighted by atomic mass is 19.1. The van der Waals surface area contributed by atoms with Gasteiger partial charge in [-0.1, -0.05) is 48.5 Å². The Bertz CT molecular complexity index is 858. The molecule has 3 rings (SSSR count). The number of anilines is 1. The van der Waals surface area contributed by atoms with Gasteiger partial charge < -0.3 is 5.32 Å². The SMILES string of the molecule is CN(CC(=O)Nc1cccc2ccccc12)Cc1cccc(F)c1. The van der Waals surface area contributed by atoms with Crippen LogP contribution in [0.25, 0.3) is 10.8 Å². The summed E-state index contributed by atoms with van der Waals surface area (Å²) >= 11 is 0. The summed E-state index contributed by atoms with van der Waals surface area (Å²) in [7, 11) is 1.84. The zero-order chi connectivity index (χ0) is 16.9. The van der Waals surface area contributed by atoms with E-state index in [1.54, 1.807) is 6.07 Å². The van der Waals surface area contributed by atoms with E-state index in [4.69, 9.17) is 0 Å². The molecule has 3 aromatic rings. The van der Waals surface area contributed by atoms with Crippen molar-refractivity contribution in [3.05, 3.63) is 78.1 Å². The predicted molar refractivity (Wildman–Crippen MR) is 95.3 cm³/mol. The maximum absolute atomic E-state index is 13.2. The fourth-order valence-electron chi connectivity index (χ4n) is 2.77. The van der Waals surface area contributed by atoms with E-state index in [0.717, 1.165) is 22.0 Å². The zero-order valence-corrected chi connectivity index (χ0v) is 13.5. The Morgan fingerprint density at radius 3 is 2.62 bits per heavy atom. The first-order valence-corrected chi connectivity index (χ1v) is 7.82. The molecule has 0 aliphatic rings. The van der Waals surface area contributed by atoms with Crippen LogP contribution in [0.3, 0.4) is 0 Å². The van der Waals surface area contributed by atoms with Crippen molar-refractivity contribution in [1.29, 1.82) is 0 Å². The van der Waals surface area contributed by atoms with Crippen LogP contribution in [0.1, 0.15) is 5.56 Å². The van der Waals surface area contributed by atoms with Crippen LogP contribution in [-0.2, 0) is 11.3 Å². The van der Waals surface area contributed by atoms with Gasteiger partial charge in [0.2, 0.25) is 5.91 Å². The molecule has 0 atom stereocenters. The summed E-state index contributed by atoms with van der Waals surface area (Å²) in [5.41, 5.74) is 1.65. The Hall–Kier alpha value is -2.72. The Labute approximate surface area is 140 Å². The molecule has 0 aliphatic carbocycles. The number of nitrogens with one attached hydrogen (secondary N) is 1. The van der Waals surface area contributed by atoms with Crippen LogP contribution in [0, 0.1) is 5.82 Å². The number of hydrogen-bond donors (Lipinski definition) is 1. The minimum absolute atomic E-state index is 0.0924. The number of likely N-dealkylation sites (N-methyl/N-ethyl adjacent to an activating group) is 1. The second-order valence-corrected chi connectivity index (χ2v) is 5.88. The Kier molecular flexibility index (Phi) is 4.87. The summed E-state index contributed by atoms with van der Waals surface area (Å²) in [5.74, 6) is -0.355. The minimum atomic E-state index is -0.263. The van der Waals surface area contributed by atoms with E-state index >= 15 is 0 Å². The molecule has 0 bridgehead atoms. The van der Waals surface area contributed by atoms with Gasteiger partial charge in [0.15, 0.2) is 0 Å². The number of nitrogens with zero attached hydrogens (tertiary/aromatic N) is 1. The highest BCUT2D eigenvalue weighted by Gasteiger charge is 2.09. The summed E-state index contributed by atoms with van der Waals surface area (Å²) in [6.45, 7) is 0.750. The molecule has 1 N–H and O–H groups in total. The van der Waals surface area contributed by atoms with E-state index in [-0.39, 0.29) is 18.3 Å². The maximum atomic E-state index is 13.2. The van der Waals surface area contributed by atoms with Crippen LogP contribution in [0.2, 0.25) is 0 Å². The third-order valence-electron chi connectivity index (χ3n) is 3.82. The summed E-state index contributed by atoms with van der Waals surface area (Å²) in [6, 6.07) is 20.2. The summed E-state index contributed by atoms with van der Waals surface area (Å²) < 4.78 is 13.2. The summed E-state index contributed by atoms with van der Waals surface area (Å²) in [4.78, 5) is 14.2.